The Hall–Kier alpha value is -2.18. The lowest BCUT2D eigenvalue weighted by Gasteiger charge is -2.09. The van der Waals surface area contributed by atoms with Crippen molar-refractivity contribution in [2.75, 3.05) is 0 Å². The van der Waals surface area contributed by atoms with Crippen LogP contribution >= 0.6 is 0 Å². The fraction of sp³-hybridized carbons (Fsp3) is 0.400. The summed E-state index contributed by atoms with van der Waals surface area (Å²) in [4.78, 5) is 29.5. The second kappa shape index (κ2) is 4.36. The van der Waals surface area contributed by atoms with Gasteiger partial charge in [0.1, 0.15) is 12.2 Å². The maximum Gasteiger partial charge on any atom is 0.328 e. The lowest BCUT2D eigenvalue weighted by molar-refractivity contribution is 0.490. The van der Waals surface area contributed by atoms with E-state index in [1.54, 1.807) is 4.68 Å². The van der Waals surface area contributed by atoms with Gasteiger partial charge in [-0.05, 0) is 13.8 Å². The third kappa shape index (κ3) is 2.17. The quantitative estimate of drug-likeness (QED) is 0.795. The number of rotatable bonds is 3. The van der Waals surface area contributed by atoms with Gasteiger partial charge in [-0.1, -0.05) is 0 Å². The average molecular weight is 235 g/mol. The Bertz CT molecular complexity index is 594. The van der Waals surface area contributed by atoms with E-state index >= 15 is 0 Å². The average Bonchev–Trinajstić information content (AvgIpc) is 2.72. The van der Waals surface area contributed by atoms with Gasteiger partial charge in [-0.15, -0.1) is 0 Å². The lowest BCUT2D eigenvalue weighted by Crippen LogP contribution is -2.35. The minimum atomic E-state index is -0.448. The molecule has 0 saturated heterocycles. The van der Waals surface area contributed by atoms with Crippen molar-refractivity contribution < 1.29 is 0 Å². The summed E-state index contributed by atoms with van der Waals surface area (Å²) in [5, 5.41) is 4.05. The molecule has 0 unspecified atom stereocenters. The van der Waals surface area contributed by atoms with E-state index in [1.807, 2.05) is 13.8 Å². The monoisotopic (exact) mass is 235 g/mol. The van der Waals surface area contributed by atoms with Crippen LogP contribution in [0.15, 0.2) is 28.2 Å². The molecule has 0 saturated carbocycles. The van der Waals surface area contributed by atoms with Crippen molar-refractivity contribution in [2.24, 2.45) is 0 Å². The van der Waals surface area contributed by atoms with Crippen molar-refractivity contribution in [1.29, 1.82) is 0 Å². The maximum absolute atomic E-state index is 11.5. The fourth-order valence-electron chi connectivity index (χ4n) is 1.56. The number of aromatic nitrogens is 5. The molecule has 0 aliphatic carbocycles. The number of nitrogens with one attached hydrogen (secondary N) is 1. The molecule has 0 radical (unpaired) electrons. The molecule has 2 aromatic rings. The molecule has 0 aliphatic heterocycles. The molecule has 90 valence electrons. The second-order valence-electron chi connectivity index (χ2n) is 3.92. The normalized spacial score (nSPS) is 11.0. The highest BCUT2D eigenvalue weighted by atomic mass is 16.2. The summed E-state index contributed by atoms with van der Waals surface area (Å²) >= 11 is 0. The van der Waals surface area contributed by atoms with Gasteiger partial charge in [0, 0.05) is 18.3 Å². The zero-order chi connectivity index (χ0) is 12.4. The van der Waals surface area contributed by atoms with E-state index in [0.717, 1.165) is 4.57 Å². The van der Waals surface area contributed by atoms with Gasteiger partial charge in [-0.2, -0.15) is 5.10 Å². The number of hydrogen-bond acceptors (Lipinski definition) is 4. The number of hydrogen-bond donors (Lipinski definition) is 1. The van der Waals surface area contributed by atoms with Crippen LogP contribution in [0.4, 0.5) is 0 Å². The second-order valence-corrected chi connectivity index (χ2v) is 3.92. The zero-order valence-electron chi connectivity index (χ0n) is 9.62. The molecule has 17 heavy (non-hydrogen) atoms. The van der Waals surface area contributed by atoms with Crippen LogP contribution in [-0.2, 0) is 6.54 Å². The number of H-pyrrole nitrogens is 1. The van der Waals surface area contributed by atoms with Crippen molar-refractivity contribution in [2.45, 2.75) is 26.4 Å². The van der Waals surface area contributed by atoms with Gasteiger partial charge < -0.3 is 4.98 Å². The Kier molecular flexibility index (Phi) is 2.90. The molecule has 1 N–H and O–H groups in total. The van der Waals surface area contributed by atoms with Crippen molar-refractivity contribution in [3.8, 4) is 0 Å². The van der Waals surface area contributed by atoms with Crippen LogP contribution in [0.5, 0.6) is 0 Å². The Morgan fingerprint density at radius 2 is 2.18 bits per heavy atom. The first-order valence-corrected chi connectivity index (χ1v) is 5.26. The molecule has 2 aromatic heterocycles. The SMILES string of the molecule is CC(C)n1ncnc1Cn1c(=O)cc[nH]c1=O. The maximum atomic E-state index is 11.5. The third-order valence-electron chi connectivity index (χ3n) is 2.38. The minimum absolute atomic E-state index is 0.118. The van der Waals surface area contributed by atoms with E-state index in [-0.39, 0.29) is 18.1 Å². The van der Waals surface area contributed by atoms with Crippen molar-refractivity contribution >= 4 is 0 Å². The van der Waals surface area contributed by atoms with E-state index in [9.17, 15) is 9.59 Å². The third-order valence-corrected chi connectivity index (χ3v) is 2.38. The van der Waals surface area contributed by atoms with Gasteiger partial charge in [-0.3, -0.25) is 9.36 Å². The van der Waals surface area contributed by atoms with Crippen LogP contribution in [0, 0.1) is 0 Å². The zero-order valence-corrected chi connectivity index (χ0v) is 9.62. The van der Waals surface area contributed by atoms with Gasteiger partial charge in [0.05, 0.1) is 6.54 Å². The van der Waals surface area contributed by atoms with E-state index in [4.69, 9.17) is 0 Å². The Balaban J connectivity index is 2.42. The van der Waals surface area contributed by atoms with E-state index in [2.05, 4.69) is 15.1 Å². The summed E-state index contributed by atoms with van der Waals surface area (Å²) < 4.78 is 2.77. The summed E-state index contributed by atoms with van der Waals surface area (Å²) in [6.07, 6.45) is 2.74. The van der Waals surface area contributed by atoms with Gasteiger partial charge in [-0.25, -0.2) is 14.5 Å². The highest BCUT2D eigenvalue weighted by Gasteiger charge is 2.10. The van der Waals surface area contributed by atoms with Crippen LogP contribution in [0.3, 0.4) is 0 Å². The summed E-state index contributed by atoms with van der Waals surface area (Å²) in [6, 6.07) is 1.43. The van der Waals surface area contributed by atoms with Crippen LogP contribution in [0.2, 0.25) is 0 Å². The van der Waals surface area contributed by atoms with E-state index < -0.39 is 5.69 Å². The molecular weight excluding hydrogens is 222 g/mol. The Morgan fingerprint density at radius 1 is 1.41 bits per heavy atom. The highest BCUT2D eigenvalue weighted by molar-refractivity contribution is 4.91. The molecule has 0 fully saturated rings. The summed E-state index contributed by atoms with van der Waals surface area (Å²) in [7, 11) is 0. The first-order valence-electron chi connectivity index (χ1n) is 5.26. The molecule has 2 heterocycles. The molecule has 0 spiro atoms. The molecule has 0 aliphatic rings. The van der Waals surface area contributed by atoms with Gasteiger partial charge in [0.2, 0.25) is 0 Å². The topological polar surface area (TPSA) is 85.6 Å². The molecule has 7 nitrogen and oxygen atoms in total. The molecule has 0 atom stereocenters. The first-order chi connectivity index (χ1) is 8.09. The van der Waals surface area contributed by atoms with Crippen LogP contribution in [-0.4, -0.2) is 24.3 Å². The Labute approximate surface area is 96.7 Å². The molecule has 0 amide bonds. The van der Waals surface area contributed by atoms with Gasteiger partial charge in [0.15, 0.2) is 0 Å². The van der Waals surface area contributed by atoms with E-state index in [0.29, 0.717) is 5.82 Å². The molecular formula is C10H13N5O2. The first kappa shape index (κ1) is 11.3. The standard InChI is InChI=1S/C10H13N5O2/c1-7(2)15-8(12-6-13-15)5-14-9(16)3-4-11-10(14)17/h3-4,6-7H,5H2,1-2H3,(H,11,17). The largest absolute Gasteiger partial charge is 0.328 e. The molecule has 7 heteroatoms. The van der Waals surface area contributed by atoms with Crippen molar-refractivity contribution in [1.82, 2.24) is 24.3 Å². The fourth-order valence-corrected chi connectivity index (χ4v) is 1.56. The smallest absolute Gasteiger partial charge is 0.314 e. The van der Waals surface area contributed by atoms with Crippen LogP contribution in [0.1, 0.15) is 25.7 Å². The minimum Gasteiger partial charge on any atom is -0.314 e. The van der Waals surface area contributed by atoms with Gasteiger partial charge >= 0.3 is 5.69 Å². The molecule has 0 bridgehead atoms. The number of aromatic amines is 1. The predicted octanol–water partition coefficient (Wildman–Crippen LogP) is -0.243. The summed E-state index contributed by atoms with van der Waals surface area (Å²) in [5.74, 6) is 0.582. The van der Waals surface area contributed by atoms with Crippen LogP contribution in [0.25, 0.3) is 0 Å². The van der Waals surface area contributed by atoms with Crippen LogP contribution < -0.4 is 11.2 Å². The van der Waals surface area contributed by atoms with Crippen molar-refractivity contribution in [3.05, 3.63) is 45.3 Å². The summed E-state index contributed by atoms with van der Waals surface area (Å²) in [5.41, 5.74) is -0.803. The van der Waals surface area contributed by atoms with E-state index in [1.165, 1.54) is 18.6 Å². The summed E-state index contributed by atoms with van der Waals surface area (Å²) in [6.45, 7) is 4.03. The highest BCUT2D eigenvalue weighted by Crippen LogP contribution is 2.04. The number of nitrogens with zero attached hydrogens (tertiary/aromatic N) is 4. The van der Waals surface area contributed by atoms with Crippen molar-refractivity contribution in [3.63, 3.8) is 0 Å². The molecule has 0 aromatic carbocycles. The predicted molar refractivity (Wildman–Crippen MR) is 60.8 cm³/mol. The Morgan fingerprint density at radius 3 is 2.82 bits per heavy atom. The molecule has 2 rings (SSSR count). The van der Waals surface area contributed by atoms with Gasteiger partial charge in [0.25, 0.3) is 5.56 Å². The lowest BCUT2D eigenvalue weighted by atomic mass is 10.4.